The quantitative estimate of drug-likeness (QED) is 0.630. The van der Waals surface area contributed by atoms with Crippen LogP contribution in [0.5, 0.6) is 0 Å². The largest absolute Gasteiger partial charge is 0.364 e. The molecule has 124 valence electrons. The molecular formula is C15H21F4N3. The average Bonchev–Trinajstić information content (AvgIpc) is 2.44. The van der Waals surface area contributed by atoms with Crippen LogP contribution in [0.1, 0.15) is 27.2 Å². The lowest BCUT2D eigenvalue weighted by Crippen LogP contribution is -2.47. The van der Waals surface area contributed by atoms with Crippen LogP contribution in [0.3, 0.4) is 0 Å². The number of anilines is 1. The highest BCUT2D eigenvalue weighted by Crippen LogP contribution is 2.27. The fourth-order valence-electron chi connectivity index (χ4n) is 2.44. The second-order valence-corrected chi connectivity index (χ2v) is 6.81. The lowest BCUT2D eigenvalue weighted by molar-refractivity contribution is 0.216. The number of hydrogen-bond acceptors (Lipinski definition) is 3. The summed E-state index contributed by atoms with van der Waals surface area (Å²) in [5.74, 6) is -6.07. The van der Waals surface area contributed by atoms with E-state index in [1.165, 1.54) is 4.90 Å². The van der Waals surface area contributed by atoms with Crippen LogP contribution in [0.2, 0.25) is 0 Å². The van der Waals surface area contributed by atoms with E-state index in [2.05, 4.69) is 30.7 Å². The molecule has 0 spiro atoms. The Hall–Kier alpha value is -1.37. The maximum atomic E-state index is 13.7. The lowest BCUT2D eigenvalue weighted by atomic mass is 9.92. The summed E-state index contributed by atoms with van der Waals surface area (Å²) in [7, 11) is 0. The Balaban J connectivity index is 2.03. The van der Waals surface area contributed by atoms with E-state index in [-0.39, 0.29) is 5.41 Å². The van der Waals surface area contributed by atoms with Crippen LogP contribution < -0.4 is 4.90 Å². The highest BCUT2D eigenvalue weighted by atomic mass is 19.2. The van der Waals surface area contributed by atoms with Crippen LogP contribution in [0.4, 0.5) is 23.2 Å². The number of aromatic nitrogens is 1. The van der Waals surface area contributed by atoms with Gasteiger partial charge in [0.1, 0.15) is 5.69 Å². The molecule has 1 aromatic rings. The van der Waals surface area contributed by atoms with Crippen molar-refractivity contribution in [2.75, 3.05) is 37.6 Å². The van der Waals surface area contributed by atoms with Crippen LogP contribution in [-0.4, -0.2) is 42.6 Å². The molecule has 0 saturated carbocycles. The molecule has 0 aliphatic carbocycles. The number of nitrogens with zero attached hydrogens (tertiary/aromatic N) is 3. The topological polar surface area (TPSA) is 19.4 Å². The third kappa shape index (κ3) is 3.88. The van der Waals surface area contributed by atoms with Crippen molar-refractivity contribution in [1.82, 2.24) is 9.88 Å². The zero-order valence-electron chi connectivity index (χ0n) is 13.1. The van der Waals surface area contributed by atoms with Crippen LogP contribution in [-0.2, 0) is 0 Å². The van der Waals surface area contributed by atoms with Gasteiger partial charge in [-0.25, -0.2) is 0 Å². The molecule has 2 rings (SSSR count). The van der Waals surface area contributed by atoms with Gasteiger partial charge in [-0.15, -0.1) is 0 Å². The van der Waals surface area contributed by atoms with Crippen molar-refractivity contribution in [3.63, 3.8) is 0 Å². The van der Waals surface area contributed by atoms with Gasteiger partial charge in [0.05, 0.1) is 0 Å². The summed E-state index contributed by atoms with van der Waals surface area (Å²) in [6.07, 6.45) is 1.01. The van der Waals surface area contributed by atoms with Crippen molar-refractivity contribution in [1.29, 1.82) is 0 Å². The second-order valence-electron chi connectivity index (χ2n) is 6.81. The number of hydrogen-bond donors (Lipinski definition) is 0. The predicted molar refractivity (Wildman–Crippen MR) is 76.8 cm³/mol. The van der Waals surface area contributed by atoms with Crippen LogP contribution in [0.25, 0.3) is 0 Å². The first-order chi connectivity index (χ1) is 10.2. The van der Waals surface area contributed by atoms with E-state index >= 15 is 0 Å². The third-order valence-corrected chi connectivity index (χ3v) is 3.84. The molecule has 0 bridgehead atoms. The molecule has 1 aromatic heterocycles. The molecule has 0 aromatic carbocycles. The van der Waals surface area contributed by atoms with E-state index in [9.17, 15) is 17.6 Å². The molecule has 0 radical (unpaired) electrons. The number of halogens is 4. The van der Waals surface area contributed by atoms with E-state index in [1.54, 1.807) is 0 Å². The first-order valence-corrected chi connectivity index (χ1v) is 7.36. The fourth-order valence-corrected chi connectivity index (χ4v) is 2.44. The Kier molecular flexibility index (Phi) is 4.94. The Bertz CT molecular complexity index is 508. The van der Waals surface area contributed by atoms with Crippen molar-refractivity contribution in [3.8, 4) is 0 Å². The molecule has 1 aliphatic rings. The summed E-state index contributed by atoms with van der Waals surface area (Å²) in [6.45, 7) is 9.17. The highest BCUT2D eigenvalue weighted by Gasteiger charge is 2.28. The molecule has 1 fully saturated rings. The normalized spacial score (nSPS) is 17.1. The Morgan fingerprint density at radius 2 is 1.41 bits per heavy atom. The monoisotopic (exact) mass is 319 g/mol. The van der Waals surface area contributed by atoms with Crippen molar-refractivity contribution < 1.29 is 17.6 Å². The van der Waals surface area contributed by atoms with Crippen molar-refractivity contribution >= 4 is 5.69 Å². The molecule has 22 heavy (non-hydrogen) atoms. The standard InChI is InChI=1S/C15H21F4N3/c1-15(2,3)4-5-21-6-8-22(9-7-21)12-10(16)13(18)20-14(19)11(12)17/h4-9H2,1-3H3. The van der Waals surface area contributed by atoms with Gasteiger partial charge < -0.3 is 4.90 Å². The van der Waals surface area contributed by atoms with E-state index < -0.39 is 29.2 Å². The minimum Gasteiger partial charge on any atom is -0.364 e. The fraction of sp³-hybridized carbons (Fsp3) is 0.667. The van der Waals surface area contributed by atoms with Gasteiger partial charge in [0, 0.05) is 26.2 Å². The summed E-state index contributed by atoms with van der Waals surface area (Å²) in [5.41, 5.74) is -0.437. The van der Waals surface area contributed by atoms with Crippen molar-refractivity contribution in [2.24, 2.45) is 5.41 Å². The van der Waals surface area contributed by atoms with E-state index in [0.29, 0.717) is 26.2 Å². The van der Waals surface area contributed by atoms with Gasteiger partial charge >= 0.3 is 0 Å². The maximum absolute atomic E-state index is 13.7. The number of pyridine rings is 1. The molecule has 0 atom stereocenters. The smallest absolute Gasteiger partial charge is 0.253 e. The zero-order valence-corrected chi connectivity index (χ0v) is 13.1. The summed E-state index contributed by atoms with van der Waals surface area (Å²) in [5, 5.41) is 0. The van der Waals surface area contributed by atoms with E-state index in [1.807, 2.05) is 0 Å². The first-order valence-electron chi connectivity index (χ1n) is 7.36. The van der Waals surface area contributed by atoms with Crippen molar-refractivity contribution in [2.45, 2.75) is 27.2 Å². The summed E-state index contributed by atoms with van der Waals surface area (Å²) in [6, 6.07) is 0. The van der Waals surface area contributed by atoms with Gasteiger partial charge in [-0.2, -0.15) is 22.5 Å². The van der Waals surface area contributed by atoms with Gasteiger partial charge in [0.2, 0.25) is 11.6 Å². The molecule has 7 heteroatoms. The van der Waals surface area contributed by atoms with Gasteiger partial charge in [-0.05, 0) is 18.4 Å². The summed E-state index contributed by atoms with van der Waals surface area (Å²) in [4.78, 5) is 6.10. The highest BCUT2D eigenvalue weighted by molar-refractivity contribution is 5.49. The van der Waals surface area contributed by atoms with Crippen LogP contribution in [0, 0.1) is 28.9 Å². The van der Waals surface area contributed by atoms with E-state index in [0.717, 1.165) is 13.0 Å². The lowest BCUT2D eigenvalue weighted by Gasteiger charge is -2.37. The maximum Gasteiger partial charge on any atom is 0.253 e. The van der Waals surface area contributed by atoms with E-state index in [4.69, 9.17) is 0 Å². The minimum absolute atomic E-state index is 0.215. The van der Waals surface area contributed by atoms with Crippen LogP contribution >= 0.6 is 0 Å². The van der Waals surface area contributed by atoms with Gasteiger partial charge in [-0.1, -0.05) is 20.8 Å². The minimum atomic E-state index is -1.61. The summed E-state index contributed by atoms with van der Waals surface area (Å²) >= 11 is 0. The molecule has 3 nitrogen and oxygen atoms in total. The van der Waals surface area contributed by atoms with Gasteiger partial charge in [0.15, 0.2) is 0 Å². The molecule has 1 aliphatic heterocycles. The zero-order chi connectivity index (χ0) is 16.5. The van der Waals surface area contributed by atoms with Crippen LogP contribution in [0.15, 0.2) is 0 Å². The summed E-state index contributed by atoms with van der Waals surface area (Å²) < 4.78 is 53.8. The first kappa shape index (κ1) is 17.0. The SMILES string of the molecule is CC(C)(C)CCN1CCN(c2c(F)c(F)nc(F)c2F)CC1. The molecule has 0 N–H and O–H groups in total. The molecule has 0 unspecified atom stereocenters. The third-order valence-electron chi connectivity index (χ3n) is 3.84. The Morgan fingerprint density at radius 1 is 0.909 bits per heavy atom. The Morgan fingerprint density at radius 3 is 1.86 bits per heavy atom. The molecule has 2 heterocycles. The second kappa shape index (κ2) is 6.40. The van der Waals surface area contributed by atoms with Gasteiger partial charge in [-0.3, -0.25) is 4.90 Å². The Labute approximate surface area is 127 Å². The van der Waals surface area contributed by atoms with Crippen molar-refractivity contribution in [3.05, 3.63) is 23.5 Å². The number of piperazine rings is 1. The molecular weight excluding hydrogens is 298 g/mol. The molecule has 1 saturated heterocycles. The predicted octanol–water partition coefficient (Wildman–Crippen LogP) is 3.20. The van der Waals surface area contributed by atoms with Gasteiger partial charge in [0.25, 0.3) is 11.9 Å². The number of rotatable bonds is 3. The average molecular weight is 319 g/mol. The molecule has 0 amide bonds.